The SMILES string of the molecule is COC(=O)C1CCCC2SCCC(NC(=O)[C@H](CC[C@H](Cc3ccccc3)C(=O)N(c3ccc(Cl)cc3)[C@H]3CCCCNC3=O)Cc3ccccc3)C(=O)N21. The van der Waals surface area contributed by atoms with Crippen molar-refractivity contribution in [2.45, 2.75) is 94.1 Å². The summed E-state index contributed by atoms with van der Waals surface area (Å²) in [5, 5.41) is 6.49. The highest BCUT2D eigenvalue weighted by molar-refractivity contribution is 7.99. The molecule has 0 radical (unpaired) electrons. The predicted molar refractivity (Wildman–Crippen MR) is 215 cm³/mol. The Bertz CT molecular complexity index is 1780. The molecular weight excluding hydrogens is 736 g/mol. The number of piperidine rings is 1. The van der Waals surface area contributed by atoms with Gasteiger partial charge in [0.1, 0.15) is 18.1 Å². The first-order valence-corrected chi connectivity index (χ1v) is 20.9. The van der Waals surface area contributed by atoms with E-state index in [0.717, 1.165) is 36.8 Å². The first-order valence-electron chi connectivity index (χ1n) is 19.5. The molecule has 3 aromatic carbocycles. The van der Waals surface area contributed by atoms with Gasteiger partial charge in [0.05, 0.1) is 12.5 Å². The van der Waals surface area contributed by atoms with E-state index in [1.807, 2.05) is 60.7 Å². The van der Waals surface area contributed by atoms with E-state index in [-0.39, 0.29) is 29.0 Å². The fourth-order valence-electron chi connectivity index (χ4n) is 8.11. The van der Waals surface area contributed by atoms with Gasteiger partial charge in [0.15, 0.2) is 0 Å². The van der Waals surface area contributed by atoms with Gasteiger partial charge in [-0.2, -0.15) is 0 Å². The van der Waals surface area contributed by atoms with Gasteiger partial charge >= 0.3 is 5.97 Å². The third-order valence-corrected chi connectivity index (χ3v) is 12.6. The number of carbonyl (C=O) groups excluding carboxylic acids is 5. The molecule has 3 fully saturated rings. The maximum atomic E-state index is 15.0. The van der Waals surface area contributed by atoms with Crippen molar-refractivity contribution >= 4 is 58.6 Å². The Labute approximate surface area is 333 Å². The molecule has 3 aliphatic heterocycles. The summed E-state index contributed by atoms with van der Waals surface area (Å²) in [6, 6.07) is 24.4. The number of nitrogens with zero attached hydrogens (tertiary/aromatic N) is 2. The molecular formula is C43H51ClN4O6S. The molecule has 6 rings (SSSR count). The summed E-state index contributed by atoms with van der Waals surface area (Å²) in [6.07, 6.45) is 6.29. The summed E-state index contributed by atoms with van der Waals surface area (Å²) < 4.78 is 5.08. The number of benzene rings is 3. The summed E-state index contributed by atoms with van der Waals surface area (Å²) in [6.45, 7) is 0.561. The highest BCUT2D eigenvalue weighted by atomic mass is 35.5. The lowest BCUT2D eigenvalue weighted by Crippen LogP contribution is -2.57. The van der Waals surface area contributed by atoms with Crippen molar-refractivity contribution in [3.8, 4) is 0 Å². The minimum absolute atomic E-state index is 0.142. The molecule has 10 nitrogen and oxygen atoms in total. The van der Waals surface area contributed by atoms with Crippen LogP contribution in [0.3, 0.4) is 0 Å². The first-order chi connectivity index (χ1) is 26.7. The fourth-order valence-corrected chi connectivity index (χ4v) is 9.62. The molecule has 3 aromatic rings. The minimum Gasteiger partial charge on any atom is -0.467 e. The van der Waals surface area contributed by atoms with Crippen molar-refractivity contribution in [2.75, 3.05) is 24.3 Å². The normalized spacial score (nSPS) is 22.5. The Morgan fingerprint density at radius 1 is 0.855 bits per heavy atom. The molecule has 12 heteroatoms. The number of anilines is 1. The quantitative estimate of drug-likeness (QED) is 0.194. The second kappa shape index (κ2) is 19.5. The Hall–Kier alpha value is -4.35. The van der Waals surface area contributed by atoms with Crippen molar-refractivity contribution in [2.24, 2.45) is 11.8 Å². The van der Waals surface area contributed by atoms with Crippen molar-refractivity contribution < 1.29 is 28.7 Å². The molecule has 3 heterocycles. The summed E-state index contributed by atoms with van der Waals surface area (Å²) in [7, 11) is 1.34. The lowest BCUT2D eigenvalue weighted by molar-refractivity contribution is -0.156. The molecule has 6 atom stereocenters. The fraction of sp³-hybridized carbons (Fsp3) is 0.465. The van der Waals surface area contributed by atoms with E-state index >= 15 is 0 Å². The van der Waals surface area contributed by atoms with Gasteiger partial charge in [-0.3, -0.25) is 24.1 Å². The van der Waals surface area contributed by atoms with Crippen molar-refractivity contribution in [3.63, 3.8) is 0 Å². The van der Waals surface area contributed by atoms with Gasteiger partial charge in [-0.25, -0.2) is 4.79 Å². The van der Waals surface area contributed by atoms with E-state index in [1.54, 1.807) is 45.8 Å². The largest absolute Gasteiger partial charge is 0.467 e. The average molecular weight is 787 g/mol. The summed E-state index contributed by atoms with van der Waals surface area (Å²) in [5.74, 6) is -1.78. The molecule has 0 aliphatic carbocycles. The predicted octanol–water partition coefficient (Wildman–Crippen LogP) is 6.34. The molecule has 0 spiro atoms. The maximum Gasteiger partial charge on any atom is 0.328 e. The van der Waals surface area contributed by atoms with Crippen LogP contribution >= 0.6 is 23.4 Å². The molecule has 4 amide bonds. The third kappa shape index (κ3) is 10.3. The number of ether oxygens (including phenoxy) is 1. The molecule has 0 aromatic heterocycles. The highest BCUT2D eigenvalue weighted by Crippen LogP contribution is 2.35. The number of hydrogen-bond acceptors (Lipinski definition) is 7. The van der Waals surface area contributed by atoms with E-state index in [0.29, 0.717) is 68.0 Å². The lowest BCUT2D eigenvalue weighted by atomic mass is 9.86. The molecule has 292 valence electrons. The Kier molecular flexibility index (Phi) is 14.3. The minimum atomic E-state index is -0.788. The average Bonchev–Trinajstić information content (AvgIpc) is 3.51. The second-order valence-corrected chi connectivity index (χ2v) is 16.5. The van der Waals surface area contributed by atoms with E-state index in [1.165, 1.54) is 7.11 Å². The topological polar surface area (TPSA) is 125 Å². The second-order valence-electron chi connectivity index (χ2n) is 14.7. The van der Waals surface area contributed by atoms with Crippen LogP contribution in [0.4, 0.5) is 5.69 Å². The Morgan fingerprint density at radius 3 is 2.18 bits per heavy atom. The number of thioether (sulfide) groups is 1. The first kappa shape index (κ1) is 40.3. The van der Waals surface area contributed by atoms with Crippen LogP contribution in [0, 0.1) is 11.8 Å². The number of esters is 1. The van der Waals surface area contributed by atoms with Crippen LogP contribution in [0.2, 0.25) is 5.02 Å². The molecule has 0 saturated carbocycles. The van der Waals surface area contributed by atoms with Crippen LogP contribution in [0.5, 0.6) is 0 Å². The van der Waals surface area contributed by atoms with Gasteiger partial charge in [-0.05, 0) is 112 Å². The molecule has 3 saturated heterocycles. The van der Waals surface area contributed by atoms with Gasteiger partial charge in [-0.15, -0.1) is 11.8 Å². The zero-order valence-electron chi connectivity index (χ0n) is 31.4. The van der Waals surface area contributed by atoms with Gasteiger partial charge < -0.3 is 20.3 Å². The van der Waals surface area contributed by atoms with E-state index in [9.17, 15) is 24.0 Å². The van der Waals surface area contributed by atoms with E-state index < -0.39 is 35.9 Å². The van der Waals surface area contributed by atoms with Gasteiger partial charge in [0.2, 0.25) is 23.6 Å². The van der Waals surface area contributed by atoms with Crippen LogP contribution in [0.1, 0.15) is 68.9 Å². The van der Waals surface area contributed by atoms with Gasteiger partial charge in [0.25, 0.3) is 0 Å². The van der Waals surface area contributed by atoms with Crippen molar-refractivity contribution in [1.29, 1.82) is 0 Å². The lowest BCUT2D eigenvalue weighted by Gasteiger charge is -2.40. The maximum absolute atomic E-state index is 15.0. The van der Waals surface area contributed by atoms with Gasteiger partial charge in [0, 0.05) is 29.1 Å². The molecule has 3 unspecified atom stereocenters. The third-order valence-electron chi connectivity index (χ3n) is 11.0. The number of carbonyl (C=O) groups is 5. The molecule has 3 aliphatic rings. The summed E-state index contributed by atoms with van der Waals surface area (Å²) >= 11 is 7.92. The number of rotatable bonds is 13. The highest BCUT2D eigenvalue weighted by Gasteiger charge is 2.44. The number of halogens is 1. The number of methoxy groups -OCH3 is 1. The Balaban J connectivity index is 1.28. The number of hydrogen-bond donors (Lipinski definition) is 2. The van der Waals surface area contributed by atoms with Crippen LogP contribution < -0.4 is 15.5 Å². The van der Waals surface area contributed by atoms with E-state index in [2.05, 4.69) is 10.6 Å². The molecule has 55 heavy (non-hydrogen) atoms. The summed E-state index contributed by atoms with van der Waals surface area (Å²) in [4.78, 5) is 73.1. The van der Waals surface area contributed by atoms with Gasteiger partial charge in [-0.1, -0.05) is 72.3 Å². The monoisotopic (exact) mass is 786 g/mol. The Morgan fingerprint density at radius 2 is 1.51 bits per heavy atom. The van der Waals surface area contributed by atoms with Crippen molar-refractivity contribution in [1.82, 2.24) is 15.5 Å². The van der Waals surface area contributed by atoms with Crippen molar-refractivity contribution in [3.05, 3.63) is 101 Å². The number of nitrogens with one attached hydrogen (secondary N) is 2. The zero-order valence-corrected chi connectivity index (χ0v) is 32.9. The number of amides is 4. The van der Waals surface area contributed by atoms with Crippen LogP contribution in [0.25, 0.3) is 0 Å². The smallest absolute Gasteiger partial charge is 0.328 e. The molecule has 2 N–H and O–H groups in total. The number of fused-ring (bicyclic) bond motifs is 1. The van der Waals surface area contributed by atoms with Crippen LogP contribution in [0.15, 0.2) is 84.9 Å². The summed E-state index contributed by atoms with van der Waals surface area (Å²) in [5.41, 5.74) is 2.54. The van der Waals surface area contributed by atoms with E-state index in [4.69, 9.17) is 16.3 Å². The standard InChI is InChI=1S/C43H51ClN4O6S/c1-54-43(53)37-16-10-17-38-48(37)42(52)35(24-26-55-38)46-39(49)31(27-29-11-4-2-5-12-29)18-19-32(28-30-13-6-3-7-14-30)41(51)47(34-22-20-33(44)21-23-34)36-15-8-9-25-45-40(36)50/h2-7,11-14,20-23,31-32,35-38H,8-10,15-19,24-28H2,1H3,(H,45,50)(H,46,49)/t31-,32-,35?,36+,37?,38?/m1/s1. The zero-order chi connectivity index (χ0) is 38.7. The molecule has 0 bridgehead atoms. The van der Waals surface area contributed by atoms with Crippen LogP contribution in [-0.4, -0.2) is 77.4 Å². The van der Waals surface area contributed by atoms with Crippen LogP contribution in [-0.2, 0) is 41.6 Å².